The van der Waals surface area contributed by atoms with Crippen LogP contribution in [0.25, 0.3) is 0 Å². The normalized spacial score (nSPS) is 19.8. The van der Waals surface area contributed by atoms with Crippen molar-refractivity contribution in [1.82, 2.24) is 4.90 Å². The van der Waals surface area contributed by atoms with Gasteiger partial charge < -0.3 is 4.90 Å². The maximum Gasteiger partial charge on any atom is 0.222 e. The van der Waals surface area contributed by atoms with Crippen molar-refractivity contribution in [3.05, 3.63) is 36.7 Å². The van der Waals surface area contributed by atoms with E-state index in [0.29, 0.717) is 12.8 Å². The average Bonchev–Trinajstić information content (AvgIpc) is 2.29. The molecule has 1 aliphatic heterocycles. The number of hydrogen-bond donors (Lipinski definition) is 0. The Morgan fingerprint density at radius 3 is 3.00 bits per heavy atom. The molecule has 94 valence electrons. The molecule has 0 aromatic rings. The molecule has 3 heteroatoms. The fourth-order valence-corrected chi connectivity index (χ4v) is 1.97. The van der Waals surface area contributed by atoms with Gasteiger partial charge in [0.2, 0.25) is 5.91 Å². The maximum atomic E-state index is 13.0. The predicted octanol–water partition coefficient (Wildman–Crippen LogP) is 3.37. The lowest BCUT2D eigenvalue weighted by Gasteiger charge is -2.32. The Kier molecular flexibility index (Phi) is 5.67. The van der Waals surface area contributed by atoms with Crippen molar-refractivity contribution in [2.45, 2.75) is 38.6 Å². The third kappa shape index (κ3) is 4.55. The van der Waals surface area contributed by atoms with Crippen LogP contribution in [0.3, 0.4) is 0 Å². The highest BCUT2D eigenvalue weighted by atomic mass is 19.1. The molecule has 1 amide bonds. The maximum absolute atomic E-state index is 13.0. The topological polar surface area (TPSA) is 20.3 Å². The molecule has 1 aliphatic rings. The fraction of sp³-hybridized carbons (Fsp3) is 0.500. The highest BCUT2D eigenvalue weighted by Gasteiger charge is 2.21. The average molecular weight is 237 g/mol. The van der Waals surface area contributed by atoms with Crippen LogP contribution in [0.15, 0.2) is 36.7 Å². The van der Waals surface area contributed by atoms with Crippen molar-refractivity contribution >= 4 is 5.91 Å². The zero-order chi connectivity index (χ0) is 12.7. The standard InChI is InChI=1S/C14H20FNO/c1-3-7-13(15)9-6-8-12(2)16-11-5-4-10-14(16)17/h3,6-7,9,12H,1,4-5,8,10-11H2,2H3/b9-6-,13-7+. The SMILES string of the molecule is C=C/C=C(F)\C=C/CC(C)N1CCCCC1=O. The first-order valence-electron chi connectivity index (χ1n) is 6.09. The van der Waals surface area contributed by atoms with E-state index < -0.39 is 0 Å². The summed E-state index contributed by atoms with van der Waals surface area (Å²) in [5.41, 5.74) is 0. The smallest absolute Gasteiger partial charge is 0.222 e. The lowest BCUT2D eigenvalue weighted by molar-refractivity contribution is -0.135. The molecule has 0 N–H and O–H groups in total. The zero-order valence-corrected chi connectivity index (χ0v) is 10.4. The second-order valence-electron chi connectivity index (χ2n) is 4.32. The van der Waals surface area contributed by atoms with Gasteiger partial charge in [0.25, 0.3) is 0 Å². The first-order valence-corrected chi connectivity index (χ1v) is 6.09. The van der Waals surface area contributed by atoms with Crippen LogP contribution in [0, 0.1) is 0 Å². The Morgan fingerprint density at radius 2 is 2.35 bits per heavy atom. The lowest BCUT2D eigenvalue weighted by atomic mass is 10.1. The molecule has 1 rings (SSSR count). The van der Waals surface area contributed by atoms with Gasteiger partial charge in [-0.05, 0) is 38.3 Å². The lowest BCUT2D eigenvalue weighted by Crippen LogP contribution is -2.41. The van der Waals surface area contributed by atoms with Gasteiger partial charge in [0.1, 0.15) is 5.83 Å². The van der Waals surface area contributed by atoms with Gasteiger partial charge in [-0.25, -0.2) is 4.39 Å². The first-order chi connectivity index (χ1) is 8.15. The van der Waals surface area contributed by atoms with Gasteiger partial charge >= 0.3 is 0 Å². The van der Waals surface area contributed by atoms with Crippen LogP contribution >= 0.6 is 0 Å². The third-order valence-electron chi connectivity index (χ3n) is 2.92. The first kappa shape index (κ1) is 13.7. The van der Waals surface area contributed by atoms with Crippen molar-refractivity contribution in [3.8, 4) is 0 Å². The van der Waals surface area contributed by atoms with Gasteiger partial charge in [0, 0.05) is 19.0 Å². The number of piperidine rings is 1. The molecular formula is C14H20FNO. The van der Waals surface area contributed by atoms with Crippen LogP contribution < -0.4 is 0 Å². The van der Waals surface area contributed by atoms with Crippen LogP contribution in [-0.4, -0.2) is 23.4 Å². The summed E-state index contributed by atoms with van der Waals surface area (Å²) in [6, 6.07) is 0.149. The van der Waals surface area contributed by atoms with Crippen molar-refractivity contribution in [1.29, 1.82) is 0 Å². The molecule has 1 unspecified atom stereocenters. The minimum absolute atomic E-state index is 0.149. The number of carbonyl (C=O) groups excluding carboxylic acids is 1. The summed E-state index contributed by atoms with van der Waals surface area (Å²) >= 11 is 0. The van der Waals surface area contributed by atoms with E-state index in [1.807, 2.05) is 11.8 Å². The van der Waals surface area contributed by atoms with E-state index in [1.165, 1.54) is 18.2 Å². The largest absolute Gasteiger partial charge is 0.340 e. The van der Waals surface area contributed by atoms with Crippen LogP contribution in [0.5, 0.6) is 0 Å². The second kappa shape index (κ2) is 7.05. The molecule has 0 aromatic heterocycles. The van der Waals surface area contributed by atoms with Gasteiger partial charge in [-0.2, -0.15) is 0 Å². The van der Waals surface area contributed by atoms with Crippen molar-refractivity contribution in [2.24, 2.45) is 0 Å². The summed E-state index contributed by atoms with van der Waals surface area (Å²) in [7, 11) is 0. The summed E-state index contributed by atoms with van der Waals surface area (Å²) in [6.45, 7) is 6.26. The van der Waals surface area contributed by atoms with Crippen molar-refractivity contribution in [2.75, 3.05) is 6.54 Å². The van der Waals surface area contributed by atoms with Gasteiger partial charge in [-0.3, -0.25) is 4.79 Å². The molecule has 0 bridgehead atoms. The van der Waals surface area contributed by atoms with Crippen molar-refractivity contribution in [3.63, 3.8) is 0 Å². The number of carbonyl (C=O) groups is 1. The number of halogens is 1. The molecule has 2 nitrogen and oxygen atoms in total. The Hall–Kier alpha value is -1.38. The summed E-state index contributed by atoms with van der Waals surface area (Å²) in [6.07, 6.45) is 9.32. The number of likely N-dealkylation sites (tertiary alicyclic amines) is 1. The van der Waals surface area contributed by atoms with E-state index >= 15 is 0 Å². The number of amides is 1. The molecule has 1 heterocycles. The molecular weight excluding hydrogens is 217 g/mol. The number of rotatable bonds is 5. The zero-order valence-electron chi connectivity index (χ0n) is 10.4. The van der Waals surface area contributed by atoms with Crippen LogP contribution in [-0.2, 0) is 4.79 Å². The highest BCUT2D eigenvalue weighted by Crippen LogP contribution is 2.16. The number of hydrogen-bond acceptors (Lipinski definition) is 1. The van der Waals surface area contributed by atoms with Crippen LogP contribution in [0.2, 0.25) is 0 Å². The fourth-order valence-electron chi connectivity index (χ4n) is 1.97. The van der Waals surface area contributed by atoms with Gasteiger partial charge in [0.05, 0.1) is 0 Å². The Labute approximate surface area is 102 Å². The summed E-state index contributed by atoms with van der Waals surface area (Å²) in [5, 5.41) is 0. The Balaban J connectivity index is 2.43. The van der Waals surface area contributed by atoms with Gasteiger partial charge in [0.15, 0.2) is 0 Å². The molecule has 1 fully saturated rings. The second-order valence-corrected chi connectivity index (χ2v) is 4.32. The Bertz CT molecular complexity index is 333. The van der Waals surface area contributed by atoms with Crippen LogP contribution in [0.4, 0.5) is 4.39 Å². The van der Waals surface area contributed by atoms with E-state index in [0.717, 1.165) is 19.4 Å². The van der Waals surface area contributed by atoms with E-state index in [4.69, 9.17) is 0 Å². The molecule has 0 aliphatic carbocycles. The predicted molar refractivity (Wildman–Crippen MR) is 68.2 cm³/mol. The minimum atomic E-state index is -0.308. The third-order valence-corrected chi connectivity index (χ3v) is 2.92. The summed E-state index contributed by atoms with van der Waals surface area (Å²) in [5.74, 6) is -0.0866. The summed E-state index contributed by atoms with van der Waals surface area (Å²) < 4.78 is 13.0. The molecule has 0 aromatic carbocycles. The Morgan fingerprint density at radius 1 is 1.59 bits per heavy atom. The molecule has 1 atom stereocenters. The highest BCUT2D eigenvalue weighted by molar-refractivity contribution is 5.77. The quantitative estimate of drug-likeness (QED) is 0.671. The molecule has 0 saturated carbocycles. The van der Waals surface area contributed by atoms with Crippen molar-refractivity contribution < 1.29 is 9.18 Å². The van der Waals surface area contributed by atoms with Gasteiger partial charge in [-0.15, -0.1) is 0 Å². The monoisotopic (exact) mass is 237 g/mol. The van der Waals surface area contributed by atoms with Crippen LogP contribution in [0.1, 0.15) is 32.6 Å². The molecule has 17 heavy (non-hydrogen) atoms. The molecule has 0 radical (unpaired) electrons. The molecule has 1 saturated heterocycles. The van der Waals surface area contributed by atoms with E-state index in [2.05, 4.69) is 6.58 Å². The van der Waals surface area contributed by atoms with E-state index in [-0.39, 0.29) is 17.8 Å². The number of nitrogens with zero attached hydrogens (tertiary/aromatic N) is 1. The summed E-state index contributed by atoms with van der Waals surface area (Å²) in [4.78, 5) is 13.5. The van der Waals surface area contributed by atoms with E-state index in [1.54, 1.807) is 6.08 Å². The minimum Gasteiger partial charge on any atom is -0.340 e. The van der Waals surface area contributed by atoms with E-state index in [9.17, 15) is 9.18 Å². The van der Waals surface area contributed by atoms with Gasteiger partial charge in [-0.1, -0.05) is 18.7 Å². The molecule has 0 spiro atoms. The number of allylic oxidation sites excluding steroid dienone is 4.